The second-order valence-corrected chi connectivity index (χ2v) is 5.10. The Balaban J connectivity index is 0.00000180. The van der Waals surface area contributed by atoms with Crippen LogP contribution in [0.4, 0.5) is 4.39 Å². The van der Waals surface area contributed by atoms with Crippen LogP contribution in [0.1, 0.15) is 24.1 Å². The summed E-state index contributed by atoms with van der Waals surface area (Å²) in [7, 11) is 0. The maximum atomic E-state index is 12.8. The summed E-state index contributed by atoms with van der Waals surface area (Å²) in [6.45, 7) is 2.84. The molecule has 0 bridgehead atoms. The summed E-state index contributed by atoms with van der Waals surface area (Å²) < 4.78 is 13.9. The van der Waals surface area contributed by atoms with Crippen LogP contribution < -0.4 is 5.32 Å². The van der Waals surface area contributed by atoms with Gasteiger partial charge in [-0.2, -0.15) is 0 Å². The van der Waals surface area contributed by atoms with E-state index in [0.717, 1.165) is 16.6 Å². The molecule has 102 valence electrons. The standard InChI is InChI=1S/C15H15BrFN.ClH/c1-11(14-4-2-3-5-15(14)16)18-10-12-6-8-13(17)9-7-12;/h2-9,11,18H,10H2,1H3;1H. The van der Waals surface area contributed by atoms with Gasteiger partial charge < -0.3 is 5.32 Å². The second kappa shape index (κ2) is 7.63. The highest BCUT2D eigenvalue weighted by Gasteiger charge is 2.07. The molecule has 0 aromatic heterocycles. The van der Waals surface area contributed by atoms with Crippen molar-refractivity contribution >= 4 is 28.3 Å². The lowest BCUT2D eigenvalue weighted by Gasteiger charge is -2.15. The van der Waals surface area contributed by atoms with Crippen molar-refractivity contribution in [3.63, 3.8) is 0 Å². The topological polar surface area (TPSA) is 12.0 Å². The normalized spacial score (nSPS) is 11.7. The third kappa shape index (κ3) is 4.60. The molecule has 0 amide bonds. The maximum absolute atomic E-state index is 12.8. The third-order valence-corrected chi connectivity index (χ3v) is 3.62. The molecule has 1 N–H and O–H groups in total. The maximum Gasteiger partial charge on any atom is 0.123 e. The summed E-state index contributed by atoms with van der Waals surface area (Å²) in [5, 5.41) is 3.42. The molecule has 0 aliphatic carbocycles. The molecule has 0 aliphatic rings. The monoisotopic (exact) mass is 343 g/mol. The number of hydrogen-bond donors (Lipinski definition) is 1. The molecular formula is C15H16BrClFN. The van der Waals surface area contributed by atoms with E-state index in [9.17, 15) is 4.39 Å². The molecule has 1 nitrogen and oxygen atoms in total. The van der Waals surface area contributed by atoms with Crippen LogP contribution in [0.25, 0.3) is 0 Å². The van der Waals surface area contributed by atoms with Gasteiger partial charge in [0, 0.05) is 17.1 Å². The van der Waals surface area contributed by atoms with E-state index in [1.807, 2.05) is 18.2 Å². The summed E-state index contributed by atoms with van der Waals surface area (Å²) in [6.07, 6.45) is 0. The number of halogens is 3. The van der Waals surface area contributed by atoms with Gasteiger partial charge in [-0.05, 0) is 36.2 Å². The first-order valence-electron chi connectivity index (χ1n) is 5.89. The lowest BCUT2D eigenvalue weighted by Crippen LogP contribution is -2.18. The minimum atomic E-state index is -0.197. The SMILES string of the molecule is CC(NCc1ccc(F)cc1)c1ccccc1Br.Cl. The van der Waals surface area contributed by atoms with Gasteiger partial charge in [-0.3, -0.25) is 0 Å². The van der Waals surface area contributed by atoms with Crippen molar-refractivity contribution in [1.82, 2.24) is 5.32 Å². The molecular weight excluding hydrogens is 329 g/mol. The summed E-state index contributed by atoms with van der Waals surface area (Å²) in [5.41, 5.74) is 2.30. The highest BCUT2D eigenvalue weighted by atomic mass is 79.9. The van der Waals surface area contributed by atoms with E-state index in [1.165, 1.54) is 17.7 Å². The number of rotatable bonds is 4. The van der Waals surface area contributed by atoms with E-state index in [2.05, 4.69) is 34.2 Å². The zero-order chi connectivity index (χ0) is 13.0. The fraction of sp³-hybridized carbons (Fsp3) is 0.200. The average Bonchev–Trinajstić information content (AvgIpc) is 2.38. The van der Waals surface area contributed by atoms with E-state index in [1.54, 1.807) is 12.1 Å². The van der Waals surface area contributed by atoms with Crippen molar-refractivity contribution in [2.45, 2.75) is 19.5 Å². The van der Waals surface area contributed by atoms with Crippen LogP contribution in [0.5, 0.6) is 0 Å². The van der Waals surface area contributed by atoms with Gasteiger partial charge in [0.15, 0.2) is 0 Å². The van der Waals surface area contributed by atoms with Crippen LogP contribution in [0.15, 0.2) is 53.0 Å². The van der Waals surface area contributed by atoms with Crippen LogP contribution in [-0.4, -0.2) is 0 Å². The molecule has 0 saturated heterocycles. The van der Waals surface area contributed by atoms with Crippen LogP contribution in [0.2, 0.25) is 0 Å². The van der Waals surface area contributed by atoms with E-state index in [4.69, 9.17) is 0 Å². The molecule has 4 heteroatoms. The van der Waals surface area contributed by atoms with Crippen molar-refractivity contribution in [2.75, 3.05) is 0 Å². The molecule has 0 aliphatic heterocycles. The summed E-state index contributed by atoms with van der Waals surface area (Å²) >= 11 is 3.54. The Labute approximate surface area is 127 Å². The predicted molar refractivity (Wildman–Crippen MR) is 83.0 cm³/mol. The Bertz CT molecular complexity index is 516. The second-order valence-electron chi connectivity index (χ2n) is 4.25. The Morgan fingerprint density at radius 1 is 1.11 bits per heavy atom. The lowest BCUT2D eigenvalue weighted by molar-refractivity contribution is 0.571. The summed E-state index contributed by atoms with van der Waals surface area (Å²) in [6, 6.07) is 15.0. The molecule has 0 fully saturated rings. The van der Waals surface area contributed by atoms with Gasteiger partial charge in [0.05, 0.1) is 0 Å². The minimum absolute atomic E-state index is 0. The van der Waals surface area contributed by atoms with Gasteiger partial charge >= 0.3 is 0 Å². The lowest BCUT2D eigenvalue weighted by atomic mass is 10.1. The van der Waals surface area contributed by atoms with E-state index in [0.29, 0.717) is 0 Å². The highest BCUT2D eigenvalue weighted by molar-refractivity contribution is 9.10. The zero-order valence-electron chi connectivity index (χ0n) is 10.6. The van der Waals surface area contributed by atoms with Crippen molar-refractivity contribution in [3.8, 4) is 0 Å². The van der Waals surface area contributed by atoms with Crippen molar-refractivity contribution in [1.29, 1.82) is 0 Å². The van der Waals surface area contributed by atoms with E-state index < -0.39 is 0 Å². The average molecular weight is 345 g/mol. The van der Waals surface area contributed by atoms with Gasteiger partial charge in [0.2, 0.25) is 0 Å². The molecule has 2 aromatic rings. The molecule has 0 spiro atoms. The number of benzene rings is 2. The van der Waals surface area contributed by atoms with Crippen molar-refractivity contribution in [3.05, 3.63) is 69.9 Å². The van der Waals surface area contributed by atoms with Gasteiger partial charge in [0.25, 0.3) is 0 Å². The van der Waals surface area contributed by atoms with E-state index in [-0.39, 0.29) is 24.3 Å². The zero-order valence-corrected chi connectivity index (χ0v) is 13.0. The van der Waals surface area contributed by atoms with Crippen LogP contribution >= 0.6 is 28.3 Å². The van der Waals surface area contributed by atoms with Gasteiger partial charge in [-0.25, -0.2) is 4.39 Å². The molecule has 0 heterocycles. The Morgan fingerprint density at radius 3 is 2.37 bits per heavy atom. The minimum Gasteiger partial charge on any atom is -0.306 e. The van der Waals surface area contributed by atoms with Crippen LogP contribution in [0, 0.1) is 5.82 Å². The van der Waals surface area contributed by atoms with Crippen molar-refractivity contribution < 1.29 is 4.39 Å². The van der Waals surface area contributed by atoms with Crippen LogP contribution in [-0.2, 0) is 6.54 Å². The van der Waals surface area contributed by atoms with Gasteiger partial charge in [0.1, 0.15) is 5.82 Å². The molecule has 0 saturated carbocycles. The first-order valence-corrected chi connectivity index (χ1v) is 6.68. The third-order valence-electron chi connectivity index (χ3n) is 2.90. The Hall–Kier alpha value is -0.900. The first-order chi connectivity index (χ1) is 8.66. The van der Waals surface area contributed by atoms with E-state index >= 15 is 0 Å². The first kappa shape index (κ1) is 16.2. The largest absolute Gasteiger partial charge is 0.306 e. The smallest absolute Gasteiger partial charge is 0.123 e. The molecule has 2 aromatic carbocycles. The quantitative estimate of drug-likeness (QED) is 0.835. The fourth-order valence-corrected chi connectivity index (χ4v) is 2.44. The fourth-order valence-electron chi connectivity index (χ4n) is 1.81. The molecule has 1 unspecified atom stereocenters. The molecule has 2 rings (SSSR count). The summed E-state index contributed by atoms with van der Waals surface area (Å²) in [5.74, 6) is -0.197. The number of nitrogens with one attached hydrogen (secondary N) is 1. The van der Waals surface area contributed by atoms with Gasteiger partial charge in [-0.15, -0.1) is 12.4 Å². The van der Waals surface area contributed by atoms with Crippen LogP contribution in [0.3, 0.4) is 0 Å². The molecule has 19 heavy (non-hydrogen) atoms. The molecule has 1 atom stereocenters. The summed E-state index contributed by atoms with van der Waals surface area (Å²) in [4.78, 5) is 0. The Morgan fingerprint density at radius 2 is 1.74 bits per heavy atom. The highest BCUT2D eigenvalue weighted by Crippen LogP contribution is 2.22. The van der Waals surface area contributed by atoms with Crippen molar-refractivity contribution in [2.24, 2.45) is 0 Å². The Kier molecular flexibility index (Phi) is 6.49. The predicted octanol–water partition coefficient (Wildman–Crippen LogP) is 4.86. The van der Waals surface area contributed by atoms with Gasteiger partial charge in [-0.1, -0.05) is 46.3 Å². The molecule has 0 radical (unpaired) electrons. The number of hydrogen-bond acceptors (Lipinski definition) is 1.